The van der Waals surface area contributed by atoms with Gasteiger partial charge in [-0.25, -0.2) is 15.0 Å². The molecular weight excluding hydrogens is 1030 g/mol. The predicted molar refractivity (Wildman–Crippen MR) is 401 cm³/mol. The monoisotopic (exact) mass is 1040 g/mol. The summed E-state index contributed by atoms with van der Waals surface area (Å²) in [5.74, 6) is -1.17. The number of fused-ring (bicyclic) bond motifs is 6. The highest BCUT2D eigenvalue weighted by atomic mass is 16.3. The van der Waals surface area contributed by atoms with E-state index in [1.807, 2.05) is 0 Å². The summed E-state index contributed by atoms with van der Waals surface area (Å²) in [7, 11) is 214. The van der Waals surface area contributed by atoms with Gasteiger partial charge in [-0.05, 0) is 38.5 Å². The predicted octanol–water partition coefficient (Wildman–Crippen LogP) is -25.4. The number of aromatic nitrogens is 4. The van der Waals surface area contributed by atoms with Crippen molar-refractivity contribution in [2.24, 2.45) is 0 Å². The number of hydrogen-bond donors (Lipinski definition) is 0. The first kappa shape index (κ1) is 64.0. The van der Waals surface area contributed by atoms with E-state index in [0.29, 0.717) is 0 Å². The maximum atomic E-state index is 7.32. The Balaban J connectivity index is 1.30. The molecular formula is C51B32N4O. The Morgan fingerprint density at radius 3 is 0.841 bits per heavy atom. The molecule has 0 aliphatic carbocycles. The summed E-state index contributed by atoms with van der Waals surface area (Å²) in [6.45, 7) is 0. The van der Waals surface area contributed by atoms with Crippen LogP contribution in [0, 0.1) is 0 Å². The Morgan fingerprint density at radius 1 is 0.182 bits per heavy atom. The van der Waals surface area contributed by atoms with E-state index in [4.69, 9.17) is 270 Å². The quantitative estimate of drug-likeness (QED) is 0.156. The largest absolute Gasteiger partial charge is 0.457 e. The van der Waals surface area contributed by atoms with Crippen LogP contribution in [0.1, 0.15) is 0 Å². The normalized spacial score (nSPS) is 11.7. The van der Waals surface area contributed by atoms with Crippen molar-refractivity contribution in [2.75, 3.05) is 0 Å². The zero-order valence-corrected chi connectivity index (χ0v) is 46.2. The molecule has 11 rings (SSSR count). The number of hydrogen-bond acceptors (Lipinski definition) is 4. The second-order valence-electron chi connectivity index (χ2n) is 20.8. The molecule has 326 valence electrons. The summed E-state index contributed by atoms with van der Waals surface area (Å²) < 4.78 is 8.09. The minimum Gasteiger partial charge on any atom is -0.457 e. The third kappa shape index (κ3) is 8.64. The standard InChI is InChI=1S/C51B32N4O/c52-12-1(2-15(55)29(69)36(76)30(70)16(2)56)14(54)28(68)23(63)9(12)49-84-50(10-24(64)34(74)38(78)35(75)25(10)65)86-51(85-49)11-22(62)21(61)7-8-46(42(82)40(80)43(83)48(8)88-47(7)27(11)67)87-44-5(6-20(60)33(73)39(79)41(81)45(6)87)19(59)13(53)4(26(44)66)3-17(57)31(71)37(77)32(72)18(3)58. The van der Waals surface area contributed by atoms with Gasteiger partial charge in [0.2, 0.25) is 0 Å². The number of benzene rings is 8. The van der Waals surface area contributed by atoms with Gasteiger partial charge in [-0.2, -0.15) is 0 Å². The molecule has 8 aromatic carbocycles. The number of nitrogens with zero attached hydrogens (tertiary/aromatic N) is 4. The molecule has 3 heterocycles. The summed E-state index contributed by atoms with van der Waals surface area (Å²) >= 11 is 0. The van der Waals surface area contributed by atoms with Gasteiger partial charge in [0, 0.05) is 33.1 Å². The van der Waals surface area contributed by atoms with Crippen molar-refractivity contribution in [1.29, 1.82) is 0 Å². The minimum absolute atomic E-state index is 0.0134. The number of rotatable bonds is 6. The highest BCUT2D eigenvalue weighted by molar-refractivity contribution is 6.76. The molecule has 3 aromatic heterocycles. The fourth-order valence-corrected chi connectivity index (χ4v) is 11.4. The Hall–Kier alpha value is -5.55. The van der Waals surface area contributed by atoms with Crippen LogP contribution in [0.25, 0.3) is 106 Å². The molecule has 0 aliphatic rings. The summed E-state index contributed by atoms with van der Waals surface area (Å²) in [5, 5.41) is 0.0239. The van der Waals surface area contributed by atoms with Crippen LogP contribution in [0.4, 0.5) is 0 Å². The maximum absolute atomic E-state index is 7.32. The van der Waals surface area contributed by atoms with Crippen LogP contribution in [0.2, 0.25) is 0 Å². The minimum atomic E-state index is -0.408. The molecule has 0 fully saturated rings. The molecule has 0 spiro atoms. The molecule has 64 radical (unpaired) electrons. The Labute approximate surface area is 551 Å². The molecule has 11 aromatic rings. The third-order valence-corrected chi connectivity index (χ3v) is 16.3. The van der Waals surface area contributed by atoms with Gasteiger partial charge in [0.15, 0.2) is 17.5 Å². The smallest absolute Gasteiger partial charge is 0.163 e. The van der Waals surface area contributed by atoms with E-state index in [1.54, 1.807) is 0 Å². The van der Waals surface area contributed by atoms with E-state index in [1.165, 1.54) is 4.57 Å². The Morgan fingerprint density at radius 2 is 0.420 bits per heavy atom. The molecule has 0 amide bonds. The maximum Gasteiger partial charge on any atom is 0.163 e. The van der Waals surface area contributed by atoms with Crippen LogP contribution in [0.5, 0.6) is 0 Å². The van der Waals surface area contributed by atoms with Crippen molar-refractivity contribution >= 4 is 470 Å². The molecule has 0 unspecified atom stereocenters. The summed E-state index contributed by atoms with van der Waals surface area (Å²) in [5.41, 5.74) is -8.23. The van der Waals surface area contributed by atoms with E-state index in [2.05, 4.69) is 0 Å². The first-order valence-corrected chi connectivity index (χ1v) is 25.4. The highest BCUT2D eigenvalue weighted by Gasteiger charge is 2.32. The summed E-state index contributed by atoms with van der Waals surface area (Å²) in [6.07, 6.45) is 0. The van der Waals surface area contributed by atoms with Gasteiger partial charge >= 0.3 is 0 Å². The molecule has 0 saturated carbocycles. The van der Waals surface area contributed by atoms with Crippen LogP contribution in [-0.2, 0) is 0 Å². The van der Waals surface area contributed by atoms with Crippen LogP contribution < -0.4 is 175 Å². The molecule has 37 heteroatoms. The molecule has 5 nitrogen and oxygen atoms in total. The summed E-state index contributed by atoms with van der Waals surface area (Å²) in [4.78, 5) is 14.4. The van der Waals surface area contributed by atoms with Crippen LogP contribution in [0.15, 0.2) is 4.42 Å². The van der Waals surface area contributed by atoms with Crippen molar-refractivity contribution < 1.29 is 4.42 Å². The van der Waals surface area contributed by atoms with Crippen molar-refractivity contribution in [3.05, 3.63) is 0 Å². The van der Waals surface area contributed by atoms with Crippen molar-refractivity contribution in [1.82, 2.24) is 19.5 Å². The van der Waals surface area contributed by atoms with Crippen LogP contribution >= 0.6 is 0 Å². The van der Waals surface area contributed by atoms with Gasteiger partial charge in [0.05, 0.1) is 11.1 Å². The zero-order valence-electron chi connectivity index (χ0n) is 46.2. The molecule has 0 atom stereocenters. The summed E-state index contributed by atoms with van der Waals surface area (Å²) in [6, 6.07) is 0. The van der Waals surface area contributed by atoms with E-state index in [9.17, 15) is 0 Å². The van der Waals surface area contributed by atoms with Gasteiger partial charge in [-0.15, -0.1) is 71.0 Å². The van der Waals surface area contributed by atoms with Gasteiger partial charge in [-0.3, -0.25) is 0 Å². The second-order valence-corrected chi connectivity index (χ2v) is 20.8. The Kier molecular flexibility index (Phi) is 16.1. The van der Waals surface area contributed by atoms with E-state index < -0.39 is 11.6 Å². The van der Waals surface area contributed by atoms with E-state index in [0.717, 1.165) is 0 Å². The first-order chi connectivity index (χ1) is 41.1. The lowest BCUT2D eigenvalue weighted by Gasteiger charge is -2.28. The van der Waals surface area contributed by atoms with Gasteiger partial charge in [-0.1, -0.05) is 98.3 Å². The van der Waals surface area contributed by atoms with Gasteiger partial charge in [0.25, 0.3) is 0 Å². The SMILES string of the molecule is [B]c1c([B])c([B])c(-c2nc(-c3c([B])c([B])c([B])c(-c4c([B])c([B])c([B])c([B])c4[B])c3[B])nc(-c3c([B])c([B])c4c(oc5c([B])c([B])c([B])c(-n6c7c([B])c([B])c([B])c([B])c7c7c([B])c([B])c(-c8c([B])c([B])c([B])c([B])c8[B])c([B])c76)c54)c3[B])n2)c([B])c1[B]. The van der Waals surface area contributed by atoms with Crippen molar-refractivity contribution in [2.45, 2.75) is 0 Å². The molecule has 88 heavy (non-hydrogen) atoms. The van der Waals surface area contributed by atoms with Crippen molar-refractivity contribution in [3.63, 3.8) is 0 Å². The topological polar surface area (TPSA) is 56.7 Å². The van der Waals surface area contributed by atoms with Crippen LogP contribution in [0.3, 0.4) is 0 Å². The zero-order chi connectivity index (χ0) is 64.9. The average Bonchev–Trinajstić information content (AvgIpc) is 1.55. The lowest BCUT2D eigenvalue weighted by molar-refractivity contribution is 0.674. The van der Waals surface area contributed by atoms with E-state index in [-0.39, 0.29) is 269 Å². The second kappa shape index (κ2) is 22.1. The molecule has 0 bridgehead atoms. The first-order valence-electron chi connectivity index (χ1n) is 25.4. The number of furan rings is 1. The lowest BCUT2D eigenvalue weighted by atomic mass is 9.56. The average molecular weight is 1030 g/mol. The highest BCUT2D eigenvalue weighted by Crippen LogP contribution is 2.36. The third-order valence-electron chi connectivity index (χ3n) is 16.3. The Bertz CT molecular complexity index is 5050. The fourth-order valence-electron chi connectivity index (χ4n) is 11.4. The van der Waals surface area contributed by atoms with Crippen molar-refractivity contribution in [3.8, 4) is 62.1 Å². The van der Waals surface area contributed by atoms with Gasteiger partial charge in [0.1, 0.15) is 262 Å². The fraction of sp³-hybridized carbons (Fsp3) is 0. The van der Waals surface area contributed by atoms with Gasteiger partial charge < -0.3 is 8.98 Å². The molecule has 0 saturated heterocycles. The lowest BCUT2D eigenvalue weighted by Crippen LogP contribution is -2.57. The van der Waals surface area contributed by atoms with Crippen LogP contribution in [-0.4, -0.2) is 271 Å². The molecule has 0 N–H and O–H groups in total. The molecule has 0 aliphatic heterocycles. The van der Waals surface area contributed by atoms with E-state index >= 15 is 0 Å².